The van der Waals surface area contributed by atoms with E-state index in [2.05, 4.69) is 11.6 Å². The molecule has 0 heterocycles. The SMILES string of the molecule is CCCCN(CCO)c1ccc(N)cc1S(=O)(=O)NC. The summed E-state index contributed by atoms with van der Waals surface area (Å²) in [6.45, 7) is 3.10. The molecule has 0 saturated carbocycles. The molecule has 0 fully saturated rings. The van der Waals surface area contributed by atoms with E-state index in [0.717, 1.165) is 12.8 Å². The van der Waals surface area contributed by atoms with Crippen LogP contribution in [0.2, 0.25) is 0 Å². The molecule has 0 radical (unpaired) electrons. The Bertz CT molecular complexity index is 532. The summed E-state index contributed by atoms with van der Waals surface area (Å²) in [5.74, 6) is 0. The number of aliphatic hydroxyl groups excluding tert-OH is 1. The molecule has 1 aromatic carbocycles. The molecule has 7 heteroatoms. The first-order valence-electron chi connectivity index (χ1n) is 6.65. The van der Waals surface area contributed by atoms with E-state index < -0.39 is 10.0 Å². The van der Waals surface area contributed by atoms with Crippen LogP contribution in [0.4, 0.5) is 11.4 Å². The molecule has 1 aromatic rings. The summed E-state index contributed by atoms with van der Waals surface area (Å²) < 4.78 is 26.5. The van der Waals surface area contributed by atoms with Crippen molar-refractivity contribution in [3.05, 3.63) is 18.2 Å². The number of nitrogens with one attached hydrogen (secondary N) is 1. The second-order valence-electron chi connectivity index (χ2n) is 4.50. The molecule has 6 nitrogen and oxygen atoms in total. The Kier molecular flexibility index (Phi) is 6.25. The average molecular weight is 301 g/mol. The Balaban J connectivity index is 3.26. The highest BCUT2D eigenvalue weighted by Gasteiger charge is 2.20. The molecule has 0 aromatic heterocycles. The molecule has 0 aliphatic heterocycles. The topological polar surface area (TPSA) is 95.7 Å². The normalized spacial score (nSPS) is 11.6. The summed E-state index contributed by atoms with van der Waals surface area (Å²) in [4.78, 5) is 2.01. The van der Waals surface area contributed by atoms with E-state index >= 15 is 0 Å². The lowest BCUT2D eigenvalue weighted by molar-refractivity contribution is 0.301. The fraction of sp³-hybridized carbons (Fsp3) is 0.538. The van der Waals surface area contributed by atoms with Crippen LogP contribution in [0, 0.1) is 0 Å². The monoisotopic (exact) mass is 301 g/mol. The maximum atomic E-state index is 12.1. The van der Waals surface area contributed by atoms with Gasteiger partial charge in [-0.3, -0.25) is 0 Å². The van der Waals surface area contributed by atoms with Gasteiger partial charge in [-0.15, -0.1) is 0 Å². The predicted octanol–water partition coefficient (Wildman–Crippen LogP) is 0.776. The summed E-state index contributed by atoms with van der Waals surface area (Å²) in [6.07, 6.45) is 1.91. The van der Waals surface area contributed by atoms with Crippen molar-refractivity contribution in [1.82, 2.24) is 4.72 Å². The molecule has 0 aliphatic carbocycles. The quantitative estimate of drug-likeness (QED) is 0.617. The van der Waals surface area contributed by atoms with Gasteiger partial charge in [0.1, 0.15) is 4.90 Å². The molecule has 0 saturated heterocycles. The first-order chi connectivity index (χ1) is 9.46. The number of nitrogens with two attached hydrogens (primary N) is 1. The van der Waals surface area contributed by atoms with Gasteiger partial charge in [0.2, 0.25) is 10.0 Å². The van der Waals surface area contributed by atoms with E-state index in [1.54, 1.807) is 12.1 Å². The van der Waals surface area contributed by atoms with Gasteiger partial charge in [-0.1, -0.05) is 13.3 Å². The van der Waals surface area contributed by atoms with E-state index in [1.165, 1.54) is 13.1 Å². The van der Waals surface area contributed by atoms with Crippen molar-refractivity contribution < 1.29 is 13.5 Å². The molecular weight excluding hydrogens is 278 g/mol. The van der Waals surface area contributed by atoms with Gasteiger partial charge < -0.3 is 15.7 Å². The van der Waals surface area contributed by atoms with Crippen molar-refractivity contribution in [2.75, 3.05) is 37.4 Å². The third kappa shape index (κ3) is 4.09. The average Bonchev–Trinajstić information content (AvgIpc) is 2.43. The summed E-state index contributed by atoms with van der Waals surface area (Å²) in [6, 6.07) is 4.79. The molecule has 0 unspecified atom stereocenters. The van der Waals surface area contributed by atoms with E-state index in [-0.39, 0.29) is 11.5 Å². The number of unbranched alkanes of at least 4 members (excludes halogenated alkanes) is 1. The standard InChI is InChI=1S/C13H23N3O3S/c1-3-4-7-16(8-9-17)12-6-5-11(14)10-13(12)20(18,19)15-2/h5-6,10,15,17H,3-4,7-9,14H2,1-2H3. The molecular formula is C13H23N3O3S. The van der Waals surface area contributed by atoms with Crippen LogP contribution < -0.4 is 15.4 Å². The zero-order chi connectivity index (χ0) is 15.2. The van der Waals surface area contributed by atoms with Crippen LogP contribution in [0.3, 0.4) is 0 Å². The number of hydrogen-bond acceptors (Lipinski definition) is 5. The van der Waals surface area contributed by atoms with E-state index in [4.69, 9.17) is 5.73 Å². The van der Waals surface area contributed by atoms with E-state index in [9.17, 15) is 13.5 Å². The van der Waals surface area contributed by atoms with Crippen LogP contribution in [0.25, 0.3) is 0 Å². The van der Waals surface area contributed by atoms with Crippen molar-refractivity contribution >= 4 is 21.4 Å². The fourth-order valence-electron chi connectivity index (χ4n) is 1.94. The number of hydrogen-bond donors (Lipinski definition) is 3. The lowest BCUT2D eigenvalue weighted by Gasteiger charge is -2.26. The Hall–Kier alpha value is -1.31. The zero-order valence-corrected chi connectivity index (χ0v) is 12.8. The van der Waals surface area contributed by atoms with Crippen LogP contribution in [0.1, 0.15) is 19.8 Å². The third-order valence-corrected chi connectivity index (χ3v) is 4.48. The predicted molar refractivity (Wildman–Crippen MR) is 81.3 cm³/mol. The number of nitrogens with zero attached hydrogens (tertiary/aromatic N) is 1. The number of nitrogen functional groups attached to an aromatic ring is 1. The largest absolute Gasteiger partial charge is 0.399 e. The number of sulfonamides is 1. The molecule has 0 spiro atoms. The number of rotatable bonds is 8. The van der Waals surface area contributed by atoms with Gasteiger partial charge in [-0.05, 0) is 31.7 Å². The Morgan fingerprint density at radius 2 is 2.05 bits per heavy atom. The highest BCUT2D eigenvalue weighted by atomic mass is 32.2. The summed E-state index contributed by atoms with van der Waals surface area (Å²) >= 11 is 0. The second kappa shape index (κ2) is 7.47. The molecule has 1 rings (SSSR count). The molecule has 0 atom stereocenters. The van der Waals surface area contributed by atoms with Crippen LogP contribution in [-0.2, 0) is 10.0 Å². The van der Waals surface area contributed by atoms with E-state index in [1.807, 2.05) is 4.90 Å². The highest BCUT2D eigenvalue weighted by molar-refractivity contribution is 7.89. The highest BCUT2D eigenvalue weighted by Crippen LogP contribution is 2.27. The van der Waals surface area contributed by atoms with Gasteiger partial charge in [-0.2, -0.15) is 0 Å². The lowest BCUT2D eigenvalue weighted by Crippen LogP contribution is -2.30. The Morgan fingerprint density at radius 1 is 1.35 bits per heavy atom. The van der Waals surface area contributed by atoms with Gasteiger partial charge in [0.15, 0.2) is 0 Å². The van der Waals surface area contributed by atoms with Crippen molar-refractivity contribution in [2.45, 2.75) is 24.7 Å². The van der Waals surface area contributed by atoms with Gasteiger partial charge >= 0.3 is 0 Å². The van der Waals surface area contributed by atoms with Crippen molar-refractivity contribution in [3.63, 3.8) is 0 Å². The Morgan fingerprint density at radius 3 is 2.60 bits per heavy atom. The van der Waals surface area contributed by atoms with Crippen LogP contribution in [0.5, 0.6) is 0 Å². The first kappa shape index (κ1) is 16.7. The fourth-order valence-corrected chi connectivity index (χ4v) is 2.92. The van der Waals surface area contributed by atoms with Gasteiger partial charge in [0.05, 0.1) is 12.3 Å². The third-order valence-electron chi connectivity index (χ3n) is 3.03. The minimum absolute atomic E-state index is 0.0346. The number of anilines is 2. The Labute approximate surface area is 120 Å². The zero-order valence-electron chi connectivity index (χ0n) is 12.0. The smallest absolute Gasteiger partial charge is 0.242 e. The summed E-state index contributed by atoms with van der Waals surface area (Å²) in [5, 5.41) is 9.17. The minimum Gasteiger partial charge on any atom is -0.399 e. The van der Waals surface area contributed by atoms with Crippen LogP contribution in [0.15, 0.2) is 23.1 Å². The number of benzene rings is 1. The molecule has 114 valence electrons. The van der Waals surface area contributed by atoms with E-state index in [0.29, 0.717) is 24.5 Å². The van der Waals surface area contributed by atoms with Gasteiger partial charge in [0, 0.05) is 18.8 Å². The molecule has 0 bridgehead atoms. The molecule has 0 aliphatic rings. The first-order valence-corrected chi connectivity index (χ1v) is 8.13. The minimum atomic E-state index is -3.59. The van der Waals surface area contributed by atoms with Crippen molar-refractivity contribution in [3.8, 4) is 0 Å². The summed E-state index contributed by atoms with van der Waals surface area (Å²) in [7, 11) is -2.23. The van der Waals surface area contributed by atoms with Gasteiger partial charge in [-0.25, -0.2) is 13.1 Å². The maximum Gasteiger partial charge on any atom is 0.242 e. The van der Waals surface area contributed by atoms with Gasteiger partial charge in [0.25, 0.3) is 0 Å². The second-order valence-corrected chi connectivity index (χ2v) is 6.35. The molecule has 20 heavy (non-hydrogen) atoms. The van der Waals surface area contributed by atoms with Crippen molar-refractivity contribution in [2.24, 2.45) is 0 Å². The van der Waals surface area contributed by atoms with Crippen molar-refractivity contribution in [1.29, 1.82) is 0 Å². The molecule has 4 N–H and O–H groups in total. The van der Waals surface area contributed by atoms with Crippen LogP contribution in [-0.4, -0.2) is 40.3 Å². The molecule has 0 amide bonds. The maximum absolute atomic E-state index is 12.1. The summed E-state index contributed by atoms with van der Waals surface area (Å²) in [5.41, 5.74) is 6.65. The number of aliphatic hydroxyl groups is 1. The lowest BCUT2D eigenvalue weighted by atomic mass is 10.2. The van der Waals surface area contributed by atoms with Crippen LogP contribution >= 0.6 is 0 Å².